The zero-order valence-corrected chi connectivity index (χ0v) is 16.3. The summed E-state index contributed by atoms with van der Waals surface area (Å²) in [5.74, 6) is 0.348. The smallest absolute Gasteiger partial charge is 0.407 e. The van der Waals surface area contributed by atoms with E-state index in [1.807, 2.05) is 6.92 Å². The van der Waals surface area contributed by atoms with E-state index in [-0.39, 0.29) is 30.2 Å². The molecule has 3 N–H and O–H groups in total. The molecule has 0 saturated heterocycles. The number of amides is 2. The van der Waals surface area contributed by atoms with Crippen LogP contribution >= 0.6 is 0 Å². The maximum atomic E-state index is 14.4. The summed E-state index contributed by atoms with van der Waals surface area (Å²) in [6.45, 7) is 3.71. The third-order valence-electron chi connectivity index (χ3n) is 5.41. The van der Waals surface area contributed by atoms with Gasteiger partial charge in [-0.1, -0.05) is 5.16 Å². The fourth-order valence-electron chi connectivity index (χ4n) is 3.50. The van der Waals surface area contributed by atoms with Crippen molar-refractivity contribution in [2.24, 2.45) is 0 Å². The van der Waals surface area contributed by atoms with Gasteiger partial charge in [0.2, 0.25) is 5.91 Å². The van der Waals surface area contributed by atoms with Gasteiger partial charge in [0.25, 0.3) is 0 Å². The van der Waals surface area contributed by atoms with E-state index in [0.717, 1.165) is 12.8 Å². The molecule has 2 aromatic heterocycles. The number of aromatic nitrogens is 3. The summed E-state index contributed by atoms with van der Waals surface area (Å²) in [5.41, 5.74) is 1.19. The minimum atomic E-state index is -1.24. The Hall–Kier alpha value is -2.91. The van der Waals surface area contributed by atoms with Gasteiger partial charge in [-0.05, 0) is 39.5 Å². The first-order valence-electron chi connectivity index (χ1n) is 9.70. The van der Waals surface area contributed by atoms with E-state index in [2.05, 4.69) is 26.0 Å². The first-order valence-corrected chi connectivity index (χ1v) is 9.70. The lowest BCUT2D eigenvalue weighted by molar-refractivity contribution is -0.115. The van der Waals surface area contributed by atoms with Crippen LogP contribution in [0.2, 0.25) is 0 Å². The van der Waals surface area contributed by atoms with Crippen LogP contribution in [0.15, 0.2) is 16.7 Å². The van der Waals surface area contributed by atoms with Crippen LogP contribution in [0.5, 0.6) is 0 Å². The van der Waals surface area contributed by atoms with Crippen LogP contribution < -0.4 is 10.6 Å². The topological polar surface area (TPSA) is 122 Å². The number of alkyl halides is 1. The van der Waals surface area contributed by atoms with Crippen LogP contribution in [-0.4, -0.2) is 45.2 Å². The van der Waals surface area contributed by atoms with Gasteiger partial charge >= 0.3 is 6.09 Å². The Morgan fingerprint density at radius 3 is 2.86 bits per heavy atom. The fraction of sp³-hybridized carbons (Fsp3) is 0.579. The van der Waals surface area contributed by atoms with Crippen LogP contribution in [0, 0.1) is 6.92 Å². The van der Waals surface area contributed by atoms with Gasteiger partial charge in [0.1, 0.15) is 18.0 Å². The predicted octanol–water partition coefficient (Wildman–Crippen LogP) is 2.75. The Morgan fingerprint density at radius 2 is 2.17 bits per heavy atom. The number of hydrogen-bond acceptors (Lipinski definition) is 6. The standard InChI is InChI=1S/C19H24FN5O4/c1-10-5-12(29-25-10)8-17(26)21-16-9-14(23-24-16)11-6-13(20)15(7-11)28-18(27)22-19(2)3-4-19/h5,9,11,13,15H,3-4,6-8H2,1-2H3,(H,22,27)(H2,21,23,24,26)/t11-,13-,15-/m1/s1. The Bertz CT molecular complexity index is 906. The summed E-state index contributed by atoms with van der Waals surface area (Å²) in [4.78, 5) is 24.0. The zero-order chi connectivity index (χ0) is 20.6. The van der Waals surface area contributed by atoms with E-state index in [4.69, 9.17) is 9.26 Å². The first kappa shape index (κ1) is 19.4. The molecule has 2 fully saturated rings. The molecular formula is C19H24FN5O4. The van der Waals surface area contributed by atoms with Gasteiger partial charge in [0.15, 0.2) is 5.82 Å². The number of aromatic amines is 1. The molecule has 2 amide bonds. The molecule has 0 radical (unpaired) electrons. The molecule has 2 saturated carbocycles. The quantitative estimate of drug-likeness (QED) is 0.679. The second kappa shape index (κ2) is 7.49. The minimum absolute atomic E-state index is 0.0446. The second-order valence-electron chi connectivity index (χ2n) is 8.18. The van der Waals surface area contributed by atoms with Crippen molar-refractivity contribution in [3.8, 4) is 0 Å². The average Bonchev–Trinajstić information content (AvgIpc) is 3.01. The van der Waals surface area contributed by atoms with E-state index < -0.39 is 18.4 Å². The number of hydrogen-bond donors (Lipinski definition) is 3. The molecule has 2 aliphatic rings. The summed E-state index contributed by atoms with van der Waals surface area (Å²) in [6, 6.07) is 3.37. The third-order valence-corrected chi connectivity index (χ3v) is 5.41. The average molecular weight is 405 g/mol. The van der Waals surface area contributed by atoms with Crippen molar-refractivity contribution in [3.05, 3.63) is 29.3 Å². The predicted molar refractivity (Wildman–Crippen MR) is 100 cm³/mol. The van der Waals surface area contributed by atoms with Gasteiger partial charge in [0.05, 0.1) is 12.1 Å². The molecule has 29 heavy (non-hydrogen) atoms. The van der Waals surface area contributed by atoms with Crippen LogP contribution in [-0.2, 0) is 16.0 Å². The number of aryl methyl sites for hydroxylation is 1. The van der Waals surface area contributed by atoms with Gasteiger partial charge in [0, 0.05) is 29.3 Å². The lowest BCUT2D eigenvalue weighted by atomic mass is 10.0. The lowest BCUT2D eigenvalue weighted by Crippen LogP contribution is -2.38. The highest BCUT2D eigenvalue weighted by Gasteiger charge is 2.42. The molecule has 0 aliphatic heterocycles. The molecule has 9 nitrogen and oxygen atoms in total. The van der Waals surface area contributed by atoms with Crippen LogP contribution in [0.1, 0.15) is 55.7 Å². The highest BCUT2D eigenvalue weighted by Crippen LogP contribution is 2.38. The Balaban J connectivity index is 1.29. The van der Waals surface area contributed by atoms with Gasteiger partial charge in [-0.3, -0.25) is 9.89 Å². The SMILES string of the molecule is Cc1cc(CC(=O)Nc2cc([C@@H]3C[C@@H](F)[C@H](OC(=O)NC4(C)CC4)C3)[nH]n2)on1. The van der Waals surface area contributed by atoms with E-state index in [0.29, 0.717) is 29.4 Å². The summed E-state index contributed by atoms with van der Waals surface area (Å²) in [5, 5.41) is 16.1. The van der Waals surface area contributed by atoms with Crippen molar-refractivity contribution in [2.75, 3.05) is 5.32 Å². The van der Waals surface area contributed by atoms with Gasteiger partial charge in [-0.2, -0.15) is 5.10 Å². The molecule has 4 rings (SSSR count). The molecule has 10 heteroatoms. The lowest BCUT2D eigenvalue weighted by Gasteiger charge is -2.17. The van der Waals surface area contributed by atoms with Crippen molar-refractivity contribution < 1.29 is 23.2 Å². The van der Waals surface area contributed by atoms with Crippen molar-refractivity contribution >= 4 is 17.8 Å². The normalized spacial score (nSPS) is 24.9. The van der Waals surface area contributed by atoms with Crippen LogP contribution in [0.25, 0.3) is 0 Å². The van der Waals surface area contributed by atoms with Crippen molar-refractivity contribution in [3.63, 3.8) is 0 Å². The maximum absolute atomic E-state index is 14.4. The van der Waals surface area contributed by atoms with Gasteiger partial charge in [-0.25, -0.2) is 9.18 Å². The molecule has 0 aromatic carbocycles. The van der Waals surface area contributed by atoms with E-state index in [9.17, 15) is 14.0 Å². The molecule has 156 valence electrons. The molecule has 3 atom stereocenters. The zero-order valence-electron chi connectivity index (χ0n) is 16.3. The number of nitrogens with zero attached hydrogens (tertiary/aromatic N) is 2. The summed E-state index contributed by atoms with van der Waals surface area (Å²) in [6.07, 6.45) is -0.158. The van der Waals surface area contributed by atoms with Crippen molar-refractivity contribution in [1.82, 2.24) is 20.7 Å². The number of ether oxygens (including phenoxy) is 1. The van der Waals surface area contributed by atoms with E-state index >= 15 is 0 Å². The van der Waals surface area contributed by atoms with Gasteiger partial charge in [-0.15, -0.1) is 0 Å². The Labute approximate surface area is 166 Å². The molecule has 0 bridgehead atoms. The summed E-state index contributed by atoms with van der Waals surface area (Å²) in [7, 11) is 0. The summed E-state index contributed by atoms with van der Waals surface area (Å²) >= 11 is 0. The minimum Gasteiger partial charge on any atom is -0.443 e. The summed E-state index contributed by atoms with van der Waals surface area (Å²) < 4.78 is 24.7. The van der Waals surface area contributed by atoms with E-state index in [1.165, 1.54) is 0 Å². The number of H-pyrrole nitrogens is 1. The number of alkyl carbamates (subject to hydrolysis) is 1. The van der Waals surface area contributed by atoms with Crippen molar-refractivity contribution in [2.45, 2.75) is 69.7 Å². The van der Waals surface area contributed by atoms with Crippen LogP contribution in [0.3, 0.4) is 0 Å². The molecule has 0 unspecified atom stereocenters. The number of halogens is 1. The monoisotopic (exact) mass is 405 g/mol. The number of anilines is 1. The van der Waals surface area contributed by atoms with Gasteiger partial charge < -0.3 is 19.9 Å². The fourth-order valence-corrected chi connectivity index (χ4v) is 3.50. The number of carbonyl (C=O) groups is 2. The molecular weight excluding hydrogens is 381 g/mol. The molecule has 2 heterocycles. The Kier molecular flexibility index (Phi) is 5.01. The van der Waals surface area contributed by atoms with Crippen LogP contribution in [0.4, 0.5) is 15.0 Å². The molecule has 0 spiro atoms. The maximum Gasteiger partial charge on any atom is 0.407 e. The largest absolute Gasteiger partial charge is 0.443 e. The number of rotatable bonds is 6. The van der Waals surface area contributed by atoms with Crippen molar-refractivity contribution in [1.29, 1.82) is 0 Å². The number of carbonyl (C=O) groups excluding carboxylic acids is 2. The number of nitrogens with one attached hydrogen (secondary N) is 3. The third kappa shape index (κ3) is 4.75. The molecule has 2 aliphatic carbocycles. The van der Waals surface area contributed by atoms with E-state index in [1.54, 1.807) is 19.1 Å². The highest BCUT2D eigenvalue weighted by molar-refractivity contribution is 5.91. The molecule has 2 aromatic rings. The first-order chi connectivity index (χ1) is 13.8. The second-order valence-corrected chi connectivity index (χ2v) is 8.18. The Morgan fingerprint density at radius 1 is 1.38 bits per heavy atom. The highest BCUT2D eigenvalue weighted by atomic mass is 19.1.